The number of imide groups is 1. The Morgan fingerprint density at radius 1 is 1.12 bits per heavy atom. The van der Waals surface area contributed by atoms with Gasteiger partial charge in [0.15, 0.2) is 0 Å². The summed E-state index contributed by atoms with van der Waals surface area (Å²) in [6.07, 6.45) is 8.30. The van der Waals surface area contributed by atoms with Crippen molar-refractivity contribution in [2.45, 2.75) is 6.42 Å². The molecule has 2 aliphatic carbocycles. The van der Waals surface area contributed by atoms with Gasteiger partial charge in [-0.1, -0.05) is 24.8 Å². The second-order valence-corrected chi connectivity index (χ2v) is 6.40. The molecule has 4 atom stereocenters. The molecular weight excluding hydrogens is 304 g/mol. The Labute approximate surface area is 140 Å². The van der Waals surface area contributed by atoms with E-state index in [1.54, 1.807) is 12.3 Å². The highest BCUT2D eigenvalue weighted by molar-refractivity contribution is 6.06. The van der Waals surface area contributed by atoms with Crippen LogP contribution in [0, 0.1) is 23.7 Å². The SMILES string of the molecule is C=CCOc1ccc(C=NN2C(=O)[C@@H]3[C@H](C2=O)[C@H]2C=C[C@H]3C2)cc1. The highest BCUT2D eigenvalue weighted by atomic mass is 16.5. The molecule has 122 valence electrons. The molecule has 0 aromatic heterocycles. The summed E-state index contributed by atoms with van der Waals surface area (Å²) in [5.41, 5.74) is 0.805. The van der Waals surface area contributed by atoms with Crippen molar-refractivity contribution in [3.63, 3.8) is 0 Å². The van der Waals surface area contributed by atoms with Crippen molar-refractivity contribution in [1.29, 1.82) is 0 Å². The Morgan fingerprint density at radius 3 is 2.33 bits per heavy atom. The number of fused-ring (bicyclic) bond motifs is 5. The van der Waals surface area contributed by atoms with Crippen molar-refractivity contribution in [2.24, 2.45) is 28.8 Å². The molecule has 1 saturated heterocycles. The van der Waals surface area contributed by atoms with Crippen molar-refractivity contribution in [3.8, 4) is 5.75 Å². The van der Waals surface area contributed by atoms with Crippen LogP contribution in [0.25, 0.3) is 0 Å². The maximum absolute atomic E-state index is 12.5. The van der Waals surface area contributed by atoms with E-state index < -0.39 is 0 Å². The van der Waals surface area contributed by atoms with Gasteiger partial charge in [-0.15, -0.1) is 0 Å². The van der Waals surface area contributed by atoms with Gasteiger partial charge in [0.2, 0.25) is 0 Å². The summed E-state index contributed by atoms with van der Waals surface area (Å²) in [5.74, 6) is 0.403. The Hall–Kier alpha value is -2.69. The number of amides is 2. The number of carbonyl (C=O) groups is 2. The van der Waals surface area contributed by atoms with E-state index in [2.05, 4.69) is 23.8 Å². The van der Waals surface area contributed by atoms with Gasteiger partial charge in [-0.25, -0.2) is 0 Å². The first-order valence-electron chi connectivity index (χ1n) is 8.13. The van der Waals surface area contributed by atoms with Crippen LogP contribution < -0.4 is 4.74 Å². The standard InChI is InChI=1S/C19H18N2O3/c1-2-9-24-15-7-3-12(4-8-15)11-20-21-18(22)16-13-5-6-14(10-13)17(16)19(21)23/h2-8,11,13-14,16-17H,1,9-10H2/t13-,14-,16-,17+/m0/s1. The zero-order valence-electron chi connectivity index (χ0n) is 13.2. The van der Waals surface area contributed by atoms with E-state index in [1.807, 2.05) is 24.3 Å². The zero-order chi connectivity index (χ0) is 16.7. The first-order valence-corrected chi connectivity index (χ1v) is 8.13. The Morgan fingerprint density at radius 2 is 1.75 bits per heavy atom. The van der Waals surface area contributed by atoms with E-state index in [-0.39, 0.29) is 35.5 Å². The number of hydrazone groups is 1. The maximum atomic E-state index is 12.5. The number of benzene rings is 1. The first kappa shape index (κ1) is 14.9. The molecule has 24 heavy (non-hydrogen) atoms. The van der Waals surface area contributed by atoms with Crippen LogP contribution in [-0.4, -0.2) is 29.6 Å². The monoisotopic (exact) mass is 322 g/mol. The number of ether oxygens (including phenoxy) is 1. The fraction of sp³-hybridized carbons (Fsp3) is 0.316. The van der Waals surface area contributed by atoms with Crippen LogP contribution in [0.15, 0.2) is 54.2 Å². The molecule has 1 aromatic rings. The molecule has 1 heterocycles. The third kappa shape index (κ3) is 2.28. The highest BCUT2D eigenvalue weighted by Gasteiger charge is 2.59. The quantitative estimate of drug-likeness (QED) is 0.475. The average Bonchev–Trinajstić information content (AvgIpc) is 3.27. The zero-order valence-corrected chi connectivity index (χ0v) is 13.2. The minimum absolute atomic E-state index is 0.163. The third-order valence-electron chi connectivity index (χ3n) is 5.02. The van der Waals surface area contributed by atoms with E-state index in [4.69, 9.17) is 4.74 Å². The Bertz CT molecular complexity index is 720. The van der Waals surface area contributed by atoms with Crippen LogP contribution in [0.3, 0.4) is 0 Å². The summed E-state index contributed by atoms with van der Waals surface area (Å²) >= 11 is 0. The van der Waals surface area contributed by atoms with Crippen LogP contribution in [0.5, 0.6) is 5.75 Å². The fourth-order valence-electron chi connectivity index (χ4n) is 3.93. The number of allylic oxidation sites excluding steroid dienone is 2. The summed E-state index contributed by atoms with van der Waals surface area (Å²) < 4.78 is 5.41. The molecule has 2 amide bonds. The van der Waals surface area contributed by atoms with Gasteiger partial charge in [-0.3, -0.25) is 9.59 Å². The van der Waals surface area contributed by atoms with Crippen molar-refractivity contribution in [1.82, 2.24) is 5.01 Å². The lowest BCUT2D eigenvalue weighted by atomic mass is 9.85. The Balaban J connectivity index is 1.47. The molecule has 5 nitrogen and oxygen atoms in total. The summed E-state index contributed by atoms with van der Waals surface area (Å²) in [4.78, 5) is 25.0. The minimum Gasteiger partial charge on any atom is -0.490 e. The van der Waals surface area contributed by atoms with Crippen LogP contribution in [-0.2, 0) is 9.59 Å². The molecule has 4 rings (SSSR count). The molecule has 2 fully saturated rings. The number of nitrogens with zero attached hydrogens (tertiary/aromatic N) is 2. The van der Waals surface area contributed by atoms with Gasteiger partial charge in [0.05, 0.1) is 18.1 Å². The molecule has 0 radical (unpaired) electrons. The molecule has 0 N–H and O–H groups in total. The summed E-state index contributed by atoms with van der Waals surface area (Å²) in [6, 6.07) is 7.30. The van der Waals surface area contributed by atoms with Gasteiger partial charge in [-0.2, -0.15) is 10.1 Å². The highest BCUT2D eigenvalue weighted by Crippen LogP contribution is 2.52. The van der Waals surface area contributed by atoms with Crippen LogP contribution in [0.2, 0.25) is 0 Å². The molecule has 3 aliphatic rings. The van der Waals surface area contributed by atoms with Crippen LogP contribution in [0.4, 0.5) is 0 Å². The molecule has 1 saturated carbocycles. The van der Waals surface area contributed by atoms with Gasteiger partial charge in [0.25, 0.3) is 11.8 Å². The average molecular weight is 322 g/mol. The lowest BCUT2D eigenvalue weighted by Crippen LogP contribution is -2.28. The number of carbonyl (C=O) groups excluding carboxylic acids is 2. The molecule has 1 aliphatic heterocycles. The lowest BCUT2D eigenvalue weighted by Gasteiger charge is -2.13. The fourth-order valence-corrected chi connectivity index (χ4v) is 3.93. The molecular formula is C19H18N2O3. The van der Waals surface area contributed by atoms with Crippen LogP contribution >= 0.6 is 0 Å². The smallest absolute Gasteiger partial charge is 0.254 e. The second kappa shape index (κ2) is 5.74. The van der Waals surface area contributed by atoms with E-state index in [0.29, 0.717) is 6.61 Å². The number of rotatable bonds is 5. The number of hydrogen-bond acceptors (Lipinski definition) is 4. The van der Waals surface area contributed by atoms with E-state index in [9.17, 15) is 9.59 Å². The first-order chi connectivity index (χ1) is 11.7. The van der Waals surface area contributed by atoms with Crippen molar-refractivity contribution in [2.75, 3.05) is 6.61 Å². The van der Waals surface area contributed by atoms with Crippen molar-refractivity contribution in [3.05, 3.63) is 54.6 Å². The molecule has 5 heteroatoms. The molecule has 0 spiro atoms. The van der Waals surface area contributed by atoms with Crippen molar-refractivity contribution < 1.29 is 14.3 Å². The minimum atomic E-state index is -0.209. The lowest BCUT2D eigenvalue weighted by molar-refractivity contribution is -0.140. The Kier molecular flexibility index (Phi) is 3.56. The van der Waals surface area contributed by atoms with E-state index in [0.717, 1.165) is 22.7 Å². The summed E-state index contributed by atoms with van der Waals surface area (Å²) in [6.45, 7) is 4.05. The third-order valence-corrected chi connectivity index (χ3v) is 5.02. The predicted molar refractivity (Wildman–Crippen MR) is 89.3 cm³/mol. The number of hydrogen-bond donors (Lipinski definition) is 0. The normalized spacial score (nSPS) is 30.4. The van der Waals surface area contributed by atoms with Gasteiger partial charge in [-0.05, 0) is 48.1 Å². The van der Waals surface area contributed by atoms with Gasteiger partial charge < -0.3 is 4.74 Å². The predicted octanol–water partition coefficient (Wildman–Crippen LogP) is 2.39. The van der Waals surface area contributed by atoms with Gasteiger partial charge in [0.1, 0.15) is 12.4 Å². The van der Waals surface area contributed by atoms with E-state index >= 15 is 0 Å². The molecule has 0 unspecified atom stereocenters. The van der Waals surface area contributed by atoms with Crippen molar-refractivity contribution >= 4 is 18.0 Å². The topological polar surface area (TPSA) is 59.0 Å². The van der Waals surface area contributed by atoms with Crippen LogP contribution in [0.1, 0.15) is 12.0 Å². The molecule has 1 aromatic carbocycles. The second-order valence-electron chi connectivity index (χ2n) is 6.40. The largest absolute Gasteiger partial charge is 0.490 e. The van der Waals surface area contributed by atoms with E-state index in [1.165, 1.54) is 0 Å². The van der Waals surface area contributed by atoms with Gasteiger partial charge >= 0.3 is 0 Å². The molecule has 2 bridgehead atoms. The summed E-state index contributed by atoms with van der Waals surface area (Å²) in [5, 5.41) is 5.21. The summed E-state index contributed by atoms with van der Waals surface area (Å²) in [7, 11) is 0. The maximum Gasteiger partial charge on any atom is 0.254 e. The van der Waals surface area contributed by atoms with Gasteiger partial charge in [0, 0.05) is 0 Å².